The smallest absolute Gasteiger partial charge is 0.328 e. The van der Waals surface area contributed by atoms with E-state index in [9.17, 15) is 9.90 Å². The SMILES string of the molecule is COc1ccc(/C=C\C(=O)O)c(OCc2cn(-c3ccc(CO)cc3)nn2)c1CC=C(C)C. The highest BCUT2D eigenvalue weighted by molar-refractivity contribution is 5.86. The molecule has 0 fully saturated rings. The molecule has 0 unspecified atom stereocenters. The molecule has 0 aliphatic heterocycles. The first-order valence-electron chi connectivity index (χ1n) is 10.4. The molecular formula is C25H27N3O5. The topological polar surface area (TPSA) is 107 Å². The van der Waals surface area contributed by atoms with Crippen LogP contribution in [0, 0.1) is 0 Å². The van der Waals surface area contributed by atoms with Gasteiger partial charge in [0, 0.05) is 17.2 Å². The molecule has 1 aromatic heterocycles. The van der Waals surface area contributed by atoms with Gasteiger partial charge in [0.05, 0.1) is 25.6 Å². The van der Waals surface area contributed by atoms with Crippen molar-refractivity contribution >= 4 is 12.0 Å². The Bertz CT molecular complexity index is 1160. The maximum Gasteiger partial charge on any atom is 0.328 e. The fourth-order valence-electron chi connectivity index (χ4n) is 3.17. The van der Waals surface area contributed by atoms with Crippen LogP contribution in [-0.2, 0) is 24.4 Å². The number of allylic oxidation sites excluding steroid dienone is 2. The number of nitrogens with zero attached hydrogens (tertiary/aromatic N) is 3. The van der Waals surface area contributed by atoms with Gasteiger partial charge in [0.15, 0.2) is 0 Å². The minimum Gasteiger partial charge on any atom is -0.496 e. The number of carboxylic acid groups (broad SMARTS) is 1. The van der Waals surface area contributed by atoms with E-state index in [1.54, 1.807) is 30.1 Å². The van der Waals surface area contributed by atoms with E-state index in [-0.39, 0.29) is 13.2 Å². The fourth-order valence-corrected chi connectivity index (χ4v) is 3.17. The van der Waals surface area contributed by atoms with Crippen LogP contribution in [0.25, 0.3) is 11.8 Å². The van der Waals surface area contributed by atoms with Crippen LogP contribution >= 0.6 is 0 Å². The number of rotatable bonds is 10. The van der Waals surface area contributed by atoms with Crippen LogP contribution in [0.15, 0.2) is 60.3 Å². The molecule has 8 nitrogen and oxygen atoms in total. The van der Waals surface area contributed by atoms with Gasteiger partial charge < -0.3 is 19.7 Å². The zero-order valence-electron chi connectivity index (χ0n) is 18.9. The average molecular weight is 450 g/mol. The Morgan fingerprint density at radius 1 is 1.15 bits per heavy atom. The Morgan fingerprint density at radius 2 is 1.91 bits per heavy atom. The van der Waals surface area contributed by atoms with Crippen LogP contribution in [-0.4, -0.2) is 38.3 Å². The van der Waals surface area contributed by atoms with E-state index in [2.05, 4.69) is 16.4 Å². The lowest BCUT2D eigenvalue weighted by molar-refractivity contribution is -0.131. The normalized spacial score (nSPS) is 10.9. The predicted molar refractivity (Wildman–Crippen MR) is 124 cm³/mol. The third-order valence-electron chi connectivity index (χ3n) is 4.88. The summed E-state index contributed by atoms with van der Waals surface area (Å²) in [5.41, 5.74) is 4.81. The van der Waals surface area contributed by atoms with Crippen molar-refractivity contribution in [2.45, 2.75) is 33.5 Å². The van der Waals surface area contributed by atoms with E-state index in [1.165, 1.54) is 6.08 Å². The van der Waals surface area contributed by atoms with Crippen molar-refractivity contribution in [3.05, 3.63) is 82.7 Å². The molecule has 2 aromatic carbocycles. The lowest BCUT2D eigenvalue weighted by Gasteiger charge is -2.16. The summed E-state index contributed by atoms with van der Waals surface area (Å²) in [4.78, 5) is 11.1. The third-order valence-corrected chi connectivity index (χ3v) is 4.88. The number of aliphatic hydroxyl groups is 1. The summed E-state index contributed by atoms with van der Waals surface area (Å²) in [5, 5.41) is 26.6. The van der Waals surface area contributed by atoms with Crippen LogP contribution in [0.3, 0.4) is 0 Å². The maximum absolute atomic E-state index is 11.1. The van der Waals surface area contributed by atoms with Crippen LogP contribution < -0.4 is 9.47 Å². The van der Waals surface area contributed by atoms with E-state index in [0.717, 1.165) is 28.5 Å². The molecule has 0 aliphatic carbocycles. The van der Waals surface area contributed by atoms with E-state index in [1.807, 2.05) is 38.1 Å². The Hall–Kier alpha value is -3.91. The summed E-state index contributed by atoms with van der Waals surface area (Å²) in [6.07, 6.45) is 6.96. The molecule has 172 valence electrons. The minimum atomic E-state index is -1.04. The van der Waals surface area contributed by atoms with Gasteiger partial charge in [-0.15, -0.1) is 5.10 Å². The Labute approximate surface area is 192 Å². The first-order chi connectivity index (χ1) is 15.9. The van der Waals surface area contributed by atoms with Crippen molar-refractivity contribution in [1.82, 2.24) is 15.0 Å². The van der Waals surface area contributed by atoms with Gasteiger partial charge in [-0.2, -0.15) is 0 Å². The van der Waals surface area contributed by atoms with E-state index < -0.39 is 5.97 Å². The van der Waals surface area contributed by atoms with Crippen LogP contribution in [0.4, 0.5) is 0 Å². The van der Waals surface area contributed by atoms with Crippen molar-refractivity contribution in [2.24, 2.45) is 0 Å². The summed E-state index contributed by atoms with van der Waals surface area (Å²) >= 11 is 0. The Balaban J connectivity index is 1.90. The van der Waals surface area contributed by atoms with Crippen molar-refractivity contribution in [1.29, 1.82) is 0 Å². The number of hydrogen-bond acceptors (Lipinski definition) is 6. The lowest BCUT2D eigenvalue weighted by atomic mass is 10.0. The van der Waals surface area contributed by atoms with E-state index in [0.29, 0.717) is 29.2 Å². The van der Waals surface area contributed by atoms with Gasteiger partial charge in [0.25, 0.3) is 0 Å². The standard InChI is InChI=1S/C25H27N3O5/c1-17(2)4-11-22-23(32-3)12-7-19(8-13-24(30)31)25(22)33-16-20-14-28(27-26-20)21-9-5-18(15-29)6-10-21/h4-10,12-14,29H,11,15-16H2,1-3H3,(H,30,31)/b13-8-. The minimum absolute atomic E-state index is 0.0228. The Morgan fingerprint density at radius 3 is 2.55 bits per heavy atom. The molecule has 0 spiro atoms. The molecule has 1 heterocycles. The molecule has 0 radical (unpaired) electrons. The summed E-state index contributed by atoms with van der Waals surface area (Å²) in [7, 11) is 1.59. The monoisotopic (exact) mass is 449 g/mol. The summed E-state index contributed by atoms with van der Waals surface area (Å²) in [5.74, 6) is 0.145. The predicted octanol–water partition coefficient (Wildman–Crippen LogP) is 3.95. The zero-order valence-corrected chi connectivity index (χ0v) is 18.9. The number of aliphatic carboxylic acids is 1. The largest absolute Gasteiger partial charge is 0.496 e. The number of carboxylic acids is 1. The van der Waals surface area contributed by atoms with Crippen molar-refractivity contribution in [2.75, 3.05) is 7.11 Å². The number of carbonyl (C=O) groups is 1. The number of aliphatic hydroxyl groups excluding tert-OH is 1. The number of ether oxygens (including phenoxy) is 2. The summed E-state index contributed by atoms with van der Waals surface area (Å²) in [6.45, 7) is 4.13. The molecule has 8 heteroatoms. The first-order valence-corrected chi connectivity index (χ1v) is 10.4. The summed E-state index contributed by atoms with van der Waals surface area (Å²) < 4.78 is 13.3. The second kappa shape index (κ2) is 11.1. The van der Waals surface area contributed by atoms with Crippen LogP contribution in [0.2, 0.25) is 0 Å². The van der Waals surface area contributed by atoms with Crippen molar-refractivity contribution in [3.8, 4) is 17.2 Å². The summed E-state index contributed by atoms with van der Waals surface area (Å²) in [6, 6.07) is 10.9. The number of hydrogen-bond donors (Lipinski definition) is 2. The van der Waals surface area contributed by atoms with E-state index >= 15 is 0 Å². The van der Waals surface area contributed by atoms with Gasteiger partial charge in [-0.3, -0.25) is 0 Å². The first kappa shape index (κ1) is 23.7. The molecular weight excluding hydrogens is 422 g/mol. The van der Waals surface area contributed by atoms with Crippen LogP contribution in [0.5, 0.6) is 11.5 Å². The average Bonchev–Trinajstić information content (AvgIpc) is 3.29. The van der Waals surface area contributed by atoms with Gasteiger partial charge in [-0.1, -0.05) is 29.0 Å². The molecule has 0 aliphatic rings. The van der Waals surface area contributed by atoms with Crippen LogP contribution in [0.1, 0.15) is 36.2 Å². The third kappa shape index (κ3) is 6.30. The molecule has 3 aromatic rings. The number of benzene rings is 2. The quantitative estimate of drug-likeness (QED) is 0.356. The Kier molecular flexibility index (Phi) is 7.99. The fraction of sp³-hybridized carbons (Fsp3) is 0.240. The second-order valence-electron chi connectivity index (χ2n) is 7.59. The van der Waals surface area contributed by atoms with Gasteiger partial charge >= 0.3 is 5.97 Å². The van der Waals surface area contributed by atoms with Gasteiger partial charge in [-0.25, -0.2) is 9.48 Å². The van der Waals surface area contributed by atoms with Gasteiger partial charge in [-0.05, 0) is 56.2 Å². The highest BCUT2D eigenvalue weighted by Gasteiger charge is 2.15. The molecule has 2 N–H and O–H groups in total. The van der Waals surface area contributed by atoms with Gasteiger partial charge in [0.2, 0.25) is 0 Å². The molecule has 0 atom stereocenters. The van der Waals surface area contributed by atoms with Crippen molar-refractivity contribution < 1.29 is 24.5 Å². The van der Waals surface area contributed by atoms with E-state index in [4.69, 9.17) is 14.6 Å². The highest BCUT2D eigenvalue weighted by atomic mass is 16.5. The number of methoxy groups -OCH3 is 1. The molecule has 33 heavy (non-hydrogen) atoms. The molecule has 0 bridgehead atoms. The number of aromatic nitrogens is 3. The zero-order chi connectivity index (χ0) is 23.8. The molecule has 0 amide bonds. The highest BCUT2D eigenvalue weighted by Crippen LogP contribution is 2.35. The van der Waals surface area contributed by atoms with Crippen molar-refractivity contribution in [3.63, 3.8) is 0 Å². The van der Waals surface area contributed by atoms with Gasteiger partial charge in [0.1, 0.15) is 23.8 Å². The lowest BCUT2D eigenvalue weighted by Crippen LogP contribution is -2.03. The molecule has 0 saturated heterocycles. The molecule has 3 rings (SSSR count). The molecule has 0 saturated carbocycles. The maximum atomic E-state index is 11.1. The second-order valence-corrected chi connectivity index (χ2v) is 7.59.